The normalized spacial score (nSPS) is 34.4. The van der Waals surface area contributed by atoms with Crippen molar-refractivity contribution in [2.45, 2.75) is 39.2 Å². The summed E-state index contributed by atoms with van der Waals surface area (Å²) in [5.41, 5.74) is 0. The SMILES string of the molecule is CC.CN1CCC2NCCCC2C1. The maximum absolute atomic E-state index is 3.61. The molecule has 0 bridgehead atoms. The van der Waals surface area contributed by atoms with Crippen molar-refractivity contribution in [1.82, 2.24) is 10.2 Å². The third-order valence-electron chi connectivity index (χ3n) is 3.10. The highest BCUT2D eigenvalue weighted by Crippen LogP contribution is 2.23. The van der Waals surface area contributed by atoms with E-state index in [2.05, 4.69) is 17.3 Å². The van der Waals surface area contributed by atoms with Crippen LogP contribution in [0.2, 0.25) is 0 Å². The van der Waals surface area contributed by atoms with E-state index in [1.807, 2.05) is 13.8 Å². The van der Waals surface area contributed by atoms with E-state index in [4.69, 9.17) is 0 Å². The van der Waals surface area contributed by atoms with Gasteiger partial charge in [-0.25, -0.2) is 0 Å². The zero-order chi connectivity index (χ0) is 9.68. The lowest BCUT2D eigenvalue weighted by Gasteiger charge is -2.40. The number of nitrogens with one attached hydrogen (secondary N) is 1. The fraction of sp³-hybridized carbons (Fsp3) is 1.00. The molecule has 0 aromatic carbocycles. The van der Waals surface area contributed by atoms with Crippen molar-refractivity contribution < 1.29 is 0 Å². The number of rotatable bonds is 0. The molecule has 0 saturated carbocycles. The number of fused-ring (bicyclic) bond motifs is 1. The first kappa shape index (κ1) is 11.0. The molecule has 0 amide bonds. The van der Waals surface area contributed by atoms with Crippen LogP contribution in [0, 0.1) is 5.92 Å². The molecule has 0 aromatic heterocycles. The predicted molar refractivity (Wildman–Crippen MR) is 58.0 cm³/mol. The molecule has 2 aliphatic rings. The zero-order valence-electron chi connectivity index (χ0n) is 9.34. The van der Waals surface area contributed by atoms with Crippen LogP contribution in [0.15, 0.2) is 0 Å². The fourth-order valence-electron chi connectivity index (χ4n) is 2.43. The fourth-order valence-corrected chi connectivity index (χ4v) is 2.43. The monoisotopic (exact) mass is 184 g/mol. The summed E-state index contributed by atoms with van der Waals surface area (Å²) in [7, 11) is 2.24. The van der Waals surface area contributed by atoms with Gasteiger partial charge in [0.05, 0.1) is 0 Å². The van der Waals surface area contributed by atoms with Crippen LogP contribution in [-0.4, -0.2) is 37.6 Å². The minimum absolute atomic E-state index is 0.847. The van der Waals surface area contributed by atoms with Crippen molar-refractivity contribution in [3.05, 3.63) is 0 Å². The lowest BCUT2D eigenvalue weighted by Crippen LogP contribution is -2.50. The van der Waals surface area contributed by atoms with E-state index >= 15 is 0 Å². The Labute approximate surface area is 82.7 Å². The molecule has 2 nitrogen and oxygen atoms in total. The predicted octanol–water partition coefficient (Wildman–Crippen LogP) is 1.72. The summed E-state index contributed by atoms with van der Waals surface area (Å²) in [6.07, 6.45) is 4.19. The highest BCUT2D eigenvalue weighted by atomic mass is 15.1. The molecule has 0 spiro atoms. The molecule has 2 saturated heterocycles. The highest BCUT2D eigenvalue weighted by molar-refractivity contribution is 4.86. The molecular formula is C11H24N2. The first-order valence-corrected chi connectivity index (χ1v) is 5.78. The number of nitrogens with zero attached hydrogens (tertiary/aromatic N) is 1. The summed E-state index contributed by atoms with van der Waals surface area (Å²) in [5, 5.41) is 3.61. The Balaban J connectivity index is 0.000000396. The molecule has 2 unspecified atom stereocenters. The first-order valence-electron chi connectivity index (χ1n) is 5.78. The minimum Gasteiger partial charge on any atom is -0.314 e. The van der Waals surface area contributed by atoms with Crippen LogP contribution >= 0.6 is 0 Å². The molecular weight excluding hydrogens is 160 g/mol. The second kappa shape index (κ2) is 5.61. The van der Waals surface area contributed by atoms with Gasteiger partial charge in [0.2, 0.25) is 0 Å². The van der Waals surface area contributed by atoms with E-state index in [1.54, 1.807) is 0 Å². The third kappa shape index (κ3) is 2.96. The molecule has 2 aliphatic heterocycles. The Kier molecular flexibility index (Phi) is 4.74. The van der Waals surface area contributed by atoms with Gasteiger partial charge in [-0.2, -0.15) is 0 Å². The van der Waals surface area contributed by atoms with E-state index < -0.39 is 0 Å². The lowest BCUT2D eigenvalue weighted by molar-refractivity contribution is 0.135. The standard InChI is InChI=1S/C9H18N2.C2H6/c1-11-6-4-9-8(7-11)3-2-5-10-9;1-2/h8-10H,2-7H2,1H3;1-2H3. The molecule has 2 heteroatoms. The van der Waals surface area contributed by atoms with Crippen LogP contribution < -0.4 is 5.32 Å². The topological polar surface area (TPSA) is 15.3 Å². The molecule has 13 heavy (non-hydrogen) atoms. The summed E-state index contributed by atoms with van der Waals surface area (Å²) in [4.78, 5) is 2.47. The van der Waals surface area contributed by atoms with Crippen LogP contribution in [0.1, 0.15) is 33.1 Å². The average molecular weight is 184 g/mol. The average Bonchev–Trinajstić information content (AvgIpc) is 2.21. The molecule has 78 valence electrons. The van der Waals surface area contributed by atoms with Crippen LogP contribution in [0.3, 0.4) is 0 Å². The molecule has 2 heterocycles. The highest BCUT2D eigenvalue weighted by Gasteiger charge is 2.28. The van der Waals surface area contributed by atoms with Gasteiger partial charge in [-0.3, -0.25) is 0 Å². The Bertz CT molecular complexity index is 136. The quantitative estimate of drug-likeness (QED) is 0.616. The van der Waals surface area contributed by atoms with Crippen LogP contribution in [0.25, 0.3) is 0 Å². The summed E-state index contributed by atoms with van der Waals surface area (Å²) in [6.45, 7) is 7.86. The van der Waals surface area contributed by atoms with Gasteiger partial charge < -0.3 is 10.2 Å². The van der Waals surface area contributed by atoms with Crippen LogP contribution in [0.4, 0.5) is 0 Å². The Hall–Kier alpha value is -0.0800. The van der Waals surface area contributed by atoms with Crippen molar-refractivity contribution in [1.29, 1.82) is 0 Å². The number of piperidine rings is 2. The molecule has 0 radical (unpaired) electrons. The van der Waals surface area contributed by atoms with Gasteiger partial charge in [-0.15, -0.1) is 0 Å². The second-order valence-electron chi connectivity index (χ2n) is 4.01. The van der Waals surface area contributed by atoms with Gasteiger partial charge in [0, 0.05) is 12.6 Å². The zero-order valence-corrected chi connectivity index (χ0v) is 9.34. The van der Waals surface area contributed by atoms with Gasteiger partial charge in [-0.1, -0.05) is 13.8 Å². The molecule has 2 atom stereocenters. The number of likely N-dealkylation sites (tertiary alicyclic amines) is 1. The largest absolute Gasteiger partial charge is 0.314 e. The summed E-state index contributed by atoms with van der Waals surface area (Å²) >= 11 is 0. The van der Waals surface area contributed by atoms with Crippen molar-refractivity contribution in [3.63, 3.8) is 0 Å². The number of hydrogen-bond acceptors (Lipinski definition) is 2. The van der Waals surface area contributed by atoms with Gasteiger partial charge >= 0.3 is 0 Å². The first-order chi connectivity index (χ1) is 6.36. The van der Waals surface area contributed by atoms with Gasteiger partial charge in [0.25, 0.3) is 0 Å². The third-order valence-corrected chi connectivity index (χ3v) is 3.10. The van der Waals surface area contributed by atoms with Crippen molar-refractivity contribution >= 4 is 0 Å². The minimum atomic E-state index is 0.847. The van der Waals surface area contributed by atoms with Crippen molar-refractivity contribution in [2.75, 3.05) is 26.7 Å². The van der Waals surface area contributed by atoms with E-state index in [-0.39, 0.29) is 0 Å². The van der Waals surface area contributed by atoms with E-state index in [9.17, 15) is 0 Å². The van der Waals surface area contributed by atoms with Gasteiger partial charge in [-0.05, 0) is 45.3 Å². The van der Waals surface area contributed by atoms with Crippen molar-refractivity contribution in [3.8, 4) is 0 Å². The summed E-state index contributed by atoms with van der Waals surface area (Å²) in [6, 6.07) is 0.847. The van der Waals surface area contributed by atoms with E-state index in [0.717, 1.165) is 12.0 Å². The maximum atomic E-state index is 3.61. The van der Waals surface area contributed by atoms with Crippen LogP contribution in [0.5, 0.6) is 0 Å². The molecule has 2 rings (SSSR count). The van der Waals surface area contributed by atoms with E-state index in [1.165, 1.54) is 38.9 Å². The Morgan fingerprint density at radius 1 is 1.23 bits per heavy atom. The van der Waals surface area contributed by atoms with Crippen molar-refractivity contribution in [2.24, 2.45) is 5.92 Å². The summed E-state index contributed by atoms with van der Waals surface area (Å²) < 4.78 is 0. The molecule has 0 aromatic rings. The molecule has 0 aliphatic carbocycles. The number of hydrogen-bond donors (Lipinski definition) is 1. The van der Waals surface area contributed by atoms with Gasteiger partial charge in [0.1, 0.15) is 0 Å². The summed E-state index contributed by atoms with van der Waals surface area (Å²) in [5.74, 6) is 0.947. The maximum Gasteiger partial charge on any atom is 0.0120 e. The lowest BCUT2D eigenvalue weighted by atomic mass is 9.86. The Morgan fingerprint density at radius 2 is 2.00 bits per heavy atom. The molecule has 1 N–H and O–H groups in total. The molecule has 2 fully saturated rings. The second-order valence-corrected chi connectivity index (χ2v) is 4.01. The van der Waals surface area contributed by atoms with Crippen LogP contribution in [-0.2, 0) is 0 Å². The van der Waals surface area contributed by atoms with Gasteiger partial charge in [0.15, 0.2) is 0 Å². The van der Waals surface area contributed by atoms with E-state index in [0.29, 0.717) is 0 Å². The Morgan fingerprint density at radius 3 is 2.77 bits per heavy atom. The smallest absolute Gasteiger partial charge is 0.0120 e.